The van der Waals surface area contributed by atoms with Gasteiger partial charge in [-0.1, -0.05) is 30.8 Å². The maximum Gasteiger partial charge on any atom is 0.349 e. The van der Waals surface area contributed by atoms with Gasteiger partial charge in [-0.3, -0.25) is 14.6 Å². The lowest BCUT2D eigenvalue weighted by Gasteiger charge is -2.48. The van der Waals surface area contributed by atoms with Crippen LogP contribution in [0.4, 0.5) is 17.6 Å². The lowest BCUT2D eigenvalue weighted by Crippen LogP contribution is -2.59. The average molecular weight is 536 g/mol. The van der Waals surface area contributed by atoms with E-state index in [2.05, 4.69) is 21.8 Å². The van der Waals surface area contributed by atoms with Crippen LogP contribution in [0.3, 0.4) is 0 Å². The van der Waals surface area contributed by atoms with E-state index in [1.165, 1.54) is 27.9 Å². The van der Waals surface area contributed by atoms with E-state index in [0.29, 0.717) is 37.8 Å². The molecular weight excluding hydrogens is 514 g/mol. The van der Waals surface area contributed by atoms with Crippen LogP contribution in [0.15, 0.2) is 47.0 Å². The smallest absolute Gasteiger partial charge is 0.349 e. The summed E-state index contributed by atoms with van der Waals surface area (Å²) in [5, 5.41) is 7.48. The van der Waals surface area contributed by atoms with Crippen LogP contribution < -0.4 is 0 Å². The first-order valence-corrected chi connectivity index (χ1v) is 12.1. The van der Waals surface area contributed by atoms with E-state index in [9.17, 15) is 18.4 Å². The van der Waals surface area contributed by atoms with Gasteiger partial charge in [-0.2, -0.15) is 8.78 Å². The highest BCUT2D eigenvalue weighted by Crippen LogP contribution is 2.49. The van der Waals surface area contributed by atoms with E-state index >= 15 is 8.78 Å². The van der Waals surface area contributed by atoms with Gasteiger partial charge in [0.1, 0.15) is 4.88 Å². The molecule has 0 bridgehead atoms. The van der Waals surface area contributed by atoms with Gasteiger partial charge in [0.15, 0.2) is 0 Å². The zero-order chi connectivity index (χ0) is 26.6. The fraction of sp³-hybridized carbons (Fsp3) is 0.375. The van der Waals surface area contributed by atoms with Crippen LogP contribution in [0.5, 0.6) is 0 Å². The molecule has 3 aromatic rings. The fourth-order valence-electron chi connectivity index (χ4n) is 4.86. The average Bonchev–Trinajstić information content (AvgIpc) is 3.61. The Kier molecular flexibility index (Phi) is 5.93. The zero-order valence-electron chi connectivity index (χ0n) is 19.5. The van der Waals surface area contributed by atoms with Crippen LogP contribution in [0.1, 0.15) is 45.4 Å². The number of amides is 2. The molecule has 8 nitrogen and oxygen atoms in total. The fourth-order valence-corrected chi connectivity index (χ4v) is 5.45. The molecule has 5 rings (SSSR count). The first kappa shape index (κ1) is 25.1. The number of thiazole rings is 1. The van der Waals surface area contributed by atoms with Crippen molar-refractivity contribution in [3.63, 3.8) is 0 Å². The summed E-state index contributed by atoms with van der Waals surface area (Å²) >= 11 is 1.19. The molecule has 2 aliphatic rings. The Hall–Kier alpha value is -3.61. The van der Waals surface area contributed by atoms with E-state index in [1.54, 1.807) is 4.90 Å². The van der Waals surface area contributed by atoms with Gasteiger partial charge in [0, 0.05) is 49.7 Å². The van der Waals surface area contributed by atoms with Gasteiger partial charge >= 0.3 is 5.92 Å². The van der Waals surface area contributed by atoms with Gasteiger partial charge < -0.3 is 14.2 Å². The normalized spacial score (nSPS) is 19.2. The number of rotatable bonds is 7. The van der Waals surface area contributed by atoms with Crippen molar-refractivity contribution in [2.75, 3.05) is 26.2 Å². The molecule has 13 heteroatoms. The van der Waals surface area contributed by atoms with Gasteiger partial charge in [0.2, 0.25) is 12.3 Å². The molecule has 1 unspecified atom stereocenters. The Labute approximate surface area is 212 Å². The predicted octanol–water partition coefficient (Wildman–Crippen LogP) is 4.03. The molecule has 2 aliphatic heterocycles. The lowest BCUT2D eigenvalue weighted by atomic mass is 9.72. The summed E-state index contributed by atoms with van der Waals surface area (Å²) in [6.07, 6.45) is 2.15. The Bertz CT molecular complexity index is 1330. The number of halogens is 4. The number of carbonyl (C=O) groups is 2. The van der Waals surface area contributed by atoms with Gasteiger partial charge in [0.25, 0.3) is 17.7 Å². The monoisotopic (exact) mass is 535 g/mol. The molecule has 0 saturated carbocycles. The zero-order valence-corrected chi connectivity index (χ0v) is 20.4. The van der Waals surface area contributed by atoms with E-state index in [4.69, 9.17) is 4.42 Å². The highest BCUT2D eigenvalue weighted by molar-refractivity contribution is 7.11. The Morgan fingerprint density at radius 3 is 2.49 bits per heavy atom. The van der Waals surface area contributed by atoms with Crippen LogP contribution in [-0.4, -0.2) is 69.4 Å². The SMILES string of the molecule is C=C(c1ccc(C(F)(F)c2nnc(C3CN(C(=O)c4cncs4)CC34CN(C=O)C4)o2)cc1)C(C)(F)F. The Morgan fingerprint density at radius 2 is 1.89 bits per heavy atom. The van der Waals surface area contributed by atoms with Gasteiger partial charge in [-0.15, -0.1) is 21.5 Å². The van der Waals surface area contributed by atoms with E-state index in [1.807, 2.05) is 0 Å². The number of hydrogen-bond donors (Lipinski definition) is 0. The van der Waals surface area contributed by atoms with Crippen molar-refractivity contribution < 1.29 is 31.6 Å². The standard InChI is InChI=1S/C24H21F4N5O3S/c1-14(22(2,25)26)15-3-5-16(6-4-15)24(27,28)21-31-30-19(36-21)17-8-33(20(35)18-7-29-12-37-18)11-23(17)9-32(10-23)13-34/h3-7,12-13,17H,1,8-11H2,2H3. The number of aromatic nitrogens is 3. The van der Waals surface area contributed by atoms with Crippen LogP contribution >= 0.6 is 11.3 Å². The molecule has 0 radical (unpaired) electrons. The summed E-state index contributed by atoms with van der Waals surface area (Å²) in [5.74, 6) is -8.72. The first-order chi connectivity index (χ1) is 17.4. The number of alkyl halides is 4. The van der Waals surface area contributed by atoms with Crippen LogP contribution in [-0.2, 0) is 10.7 Å². The molecule has 0 aliphatic carbocycles. The van der Waals surface area contributed by atoms with E-state index in [0.717, 1.165) is 24.3 Å². The van der Waals surface area contributed by atoms with Gasteiger partial charge in [-0.25, -0.2) is 8.78 Å². The minimum atomic E-state index is -3.70. The largest absolute Gasteiger partial charge is 0.419 e. The maximum atomic E-state index is 15.3. The van der Waals surface area contributed by atoms with Crippen molar-refractivity contribution in [3.05, 3.63) is 70.3 Å². The minimum absolute atomic E-state index is 0.0292. The summed E-state index contributed by atoms with van der Waals surface area (Å²) < 4.78 is 63.0. The molecule has 2 fully saturated rings. The van der Waals surface area contributed by atoms with E-state index in [-0.39, 0.29) is 23.9 Å². The first-order valence-electron chi connectivity index (χ1n) is 11.2. The summed E-state index contributed by atoms with van der Waals surface area (Å²) in [4.78, 5) is 31.6. The maximum absolute atomic E-state index is 15.3. The number of hydrogen-bond acceptors (Lipinski definition) is 7. The number of carbonyl (C=O) groups excluding carboxylic acids is 2. The highest BCUT2D eigenvalue weighted by Gasteiger charge is 2.58. The third kappa shape index (κ3) is 4.30. The lowest BCUT2D eigenvalue weighted by molar-refractivity contribution is -0.129. The third-order valence-corrected chi connectivity index (χ3v) is 7.66. The number of nitrogens with zero attached hydrogens (tertiary/aromatic N) is 5. The quantitative estimate of drug-likeness (QED) is 0.335. The van der Waals surface area contributed by atoms with Crippen molar-refractivity contribution in [1.29, 1.82) is 0 Å². The van der Waals surface area contributed by atoms with Gasteiger partial charge in [-0.05, 0) is 5.56 Å². The highest BCUT2D eigenvalue weighted by atomic mass is 32.1. The molecule has 194 valence electrons. The van der Waals surface area contributed by atoms with Crippen molar-refractivity contribution in [1.82, 2.24) is 25.0 Å². The summed E-state index contributed by atoms with van der Waals surface area (Å²) in [5.41, 5.74) is -0.0416. The topological polar surface area (TPSA) is 92.4 Å². The van der Waals surface area contributed by atoms with Crippen molar-refractivity contribution >= 4 is 29.2 Å². The van der Waals surface area contributed by atoms with Crippen LogP contribution in [0.25, 0.3) is 5.57 Å². The predicted molar refractivity (Wildman–Crippen MR) is 124 cm³/mol. The van der Waals surface area contributed by atoms with Crippen LogP contribution in [0, 0.1) is 5.41 Å². The second-order valence-corrected chi connectivity index (χ2v) is 10.3. The summed E-state index contributed by atoms with van der Waals surface area (Å²) in [6.45, 7) is 5.08. The molecule has 2 amide bonds. The molecule has 1 aromatic carbocycles. The molecule has 1 atom stereocenters. The molecule has 37 heavy (non-hydrogen) atoms. The summed E-state index contributed by atoms with van der Waals surface area (Å²) in [7, 11) is 0. The molecule has 0 N–H and O–H groups in total. The summed E-state index contributed by atoms with van der Waals surface area (Å²) in [6, 6.07) is 4.29. The Morgan fingerprint density at radius 1 is 1.19 bits per heavy atom. The van der Waals surface area contributed by atoms with Crippen molar-refractivity contribution in [2.45, 2.75) is 24.7 Å². The van der Waals surface area contributed by atoms with E-state index < -0.39 is 40.2 Å². The number of benzene rings is 1. The van der Waals surface area contributed by atoms with Crippen molar-refractivity contribution in [2.24, 2.45) is 5.41 Å². The number of allylic oxidation sites excluding steroid dienone is 1. The molecule has 1 spiro atoms. The number of likely N-dealkylation sites (tertiary alicyclic amines) is 2. The molecule has 2 saturated heterocycles. The molecule has 4 heterocycles. The van der Waals surface area contributed by atoms with Crippen molar-refractivity contribution in [3.8, 4) is 0 Å². The second-order valence-electron chi connectivity index (χ2n) is 9.44. The second kappa shape index (κ2) is 8.75. The third-order valence-electron chi connectivity index (χ3n) is 6.90. The minimum Gasteiger partial charge on any atom is -0.419 e. The molecular formula is C24H21F4N5O3S. The van der Waals surface area contributed by atoms with Gasteiger partial charge in [0.05, 0.1) is 17.6 Å². The molecule has 2 aromatic heterocycles. The Balaban J connectivity index is 1.40. The van der Waals surface area contributed by atoms with Crippen LogP contribution in [0.2, 0.25) is 0 Å².